The van der Waals surface area contributed by atoms with Crippen LogP contribution in [0.2, 0.25) is 0 Å². The van der Waals surface area contributed by atoms with Crippen LogP contribution in [-0.4, -0.2) is 63.9 Å². The van der Waals surface area contributed by atoms with E-state index in [0.29, 0.717) is 0 Å². The number of nitrogens with zero attached hydrogens (tertiary/aromatic N) is 1. The minimum Gasteiger partial charge on any atom is -0.394 e. The average Bonchev–Trinajstić information content (AvgIpc) is 2.03. The molecule has 0 fully saturated rings. The molecule has 0 saturated carbocycles. The maximum Gasteiger partial charge on any atom is 0.0911 e. The molecule has 0 aromatic rings. The van der Waals surface area contributed by atoms with Gasteiger partial charge in [-0.25, -0.2) is 5.01 Å². The quantitative estimate of drug-likeness (QED) is 0.218. The monoisotopic (exact) mass is 180 g/mol. The summed E-state index contributed by atoms with van der Waals surface area (Å²) in [7, 11) is 0. The van der Waals surface area contributed by atoms with Crippen molar-refractivity contribution in [1.29, 1.82) is 0 Å². The van der Waals surface area contributed by atoms with Crippen molar-refractivity contribution in [1.82, 2.24) is 5.01 Å². The predicted molar refractivity (Wildman–Crippen MR) is 41.9 cm³/mol. The Labute approximate surface area is 70.8 Å². The van der Waals surface area contributed by atoms with Crippen LogP contribution < -0.4 is 5.84 Å². The Morgan fingerprint density at radius 2 is 1.33 bits per heavy atom. The van der Waals surface area contributed by atoms with Crippen molar-refractivity contribution < 1.29 is 20.4 Å². The van der Waals surface area contributed by atoms with Crippen molar-refractivity contribution in [2.45, 2.75) is 12.2 Å². The first-order chi connectivity index (χ1) is 5.60. The van der Waals surface area contributed by atoms with E-state index in [1.807, 2.05) is 0 Å². The van der Waals surface area contributed by atoms with Crippen LogP contribution in [0, 0.1) is 0 Å². The van der Waals surface area contributed by atoms with E-state index in [0.717, 1.165) is 5.01 Å². The lowest BCUT2D eigenvalue weighted by molar-refractivity contribution is 0.0232. The van der Waals surface area contributed by atoms with E-state index in [1.165, 1.54) is 0 Å². The molecule has 6 nitrogen and oxygen atoms in total. The van der Waals surface area contributed by atoms with Gasteiger partial charge < -0.3 is 20.4 Å². The zero-order valence-electron chi connectivity index (χ0n) is 6.80. The van der Waals surface area contributed by atoms with Gasteiger partial charge in [0, 0.05) is 13.1 Å². The number of rotatable bonds is 6. The van der Waals surface area contributed by atoms with Gasteiger partial charge in [0.15, 0.2) is 0 Å². The van der Waals surface area contributed by atoms with Crippen molar-refractivity contribution in [3.8, 4) is 0 Å². The molecule has 0 aromatic carbocycles. The summed E-state index contributed by atoms with van der Waals surface area (Å²) in [5.41, 5.74) is 0. The highest BCUT2D eigenvalue weighted by Crippen LogP contribution is 1.88. The Morgan fingerprint density at radius 1 is 1.00 bits per heavy atom. The third-order valence-electron chi connectivity index (χ3n) is 1.31. The summed E-state index contributed by atoms with van der Waals surface area (Å²) in [5.74, 6) is 5.32. The number of aliphatic hydroxyl groups is 4. The Morgan fingerprint density at radius 3 is 1.58 bits per heavy atom. The molecule has 0 aromatic heterocycles. The van der Waals surface area contributed by atoms with Crippen LogP contribution >= 0.6 is 0 Å². The van der Waals surface area contributed by atoms with Crippen LogP contribution in [0.3, 0.4) is 0 Å². The number of hydrogen-bond acceptors (Lipinski definition) is 6. The van der Waals surface area contributed by atoms with E-state index in [-0.39, 0.29) is 26.3 Å². The fourth-order valence-corrected chi connectivity index (χ4v) is 0.731. The van der Waals surface area contributed by atoms with Crippen LogP contribution in [0.4, 0.5) is 0 Å². The summed E-state index contributed by atoms with van der Waals surface area (Å²) in [6.07, 6.45) is -1.83. The number of nitrogens with two attached hydrogens (primary N) is 1. The Bertz CT molecular complexity index is 102. The molecule has 0 amide bonds. The van der Waals surface area contributed by atoms with Crippen molar-refractivity contribution in [2.24, 2.45) is 5.84 Å². The molecule has 0 bridgehead atoms. The van der Waals surface area contributed by atoms with Gasteiger partial charge in [0.2, 0.25) is 0 Å². The van der Waals surface area contributed by atoms with Crippen molar-refractivity contribution in [3.05, 3.63) is 0 Å². The molecule has 0 saturated heterocycles. The van der Waals surface area contributed by atoms with E-state index in [1.54, 1.807) is 0 Å². The average molecular weight is 180 g/mol. The van der Waals surface area contributed by atoms with E-state index >= 15 is 0 Å². The molecule has 2 unspecified atom stereocenters. The topological polar surface area (TPSA) is 110 Å². The molecule has 2 atom stereocenters. The van der Waals surface area contributed by atoms with Gasteiger partial charge >= 0.3 is 0 Å². The largest absolute Gasteiger partial charge is 0.394 e. The van der Waals surface area contributed by atoms with E-state index < -0.39 is 12.2 Å². The van der Waals surface area contributed by atoms with Crippen LogP contribution in [0.5, 0.6) is 0 Å². The van der Waals surface area contributed by atoms with Crippen molar-refractivity contribution in [2.75, 3.05) is 26.3 Å². The zero-order chi connectivity index (χ0) is 9.56. The summed E-state index contributed by atoms with van der Waals surface area (Å²) < 4.78 is 0. The van der Waals surface area contributed by atoms with E-state index in [2.05, 4.69) is 0 Å². The first-order valence-corrected chi connectivity index (χ1v) is 3.67. The normalized spacial score (nSPS) is 16.5. The predicted octanol–water partition coefficient (Wildman–Crippen LogP) is -3.13. The smallest absolute Gasteiger partial charge is 0.0911 e. The van der Waals surface area contributed by atoms with Crippen molar-refractivity contribution >= 4 is 0 Å². The van der Waals surface area contributed by atoms with E-state index in [4.69, 9.17) is 26.3 Å². The van der Waals surface area contributed by atoms with Gasteiger partial charge in [-0.3, -0.25) is 5.84 Å². The van der Waals surface area contributed by atoms with Crippen LogP contribution in [0.1, 0.15) is 0 Å². The molecule has 0 aliphatic carbocycles. The Kier molecular flexibility index (Phi) is 6.17. The minimum atomic E-state index is -0.916. The maximum atomic E-state index is 8.90. The molecule has 74 valence electrons. The second-order valence-corrected chi connectivity index (χ2v) is 2.63. The summed E-state index contributed by atoms with van der Waals surface area (Å²) >= 11 is 0. The van der Waals surface area contributed by atoms with Crippen LogP contribution in [0.25, 0.3) is 0 Å². The van der Waals surface area contributed by atoms with Gasteiger partial charge in [0.25, 0.3) is 0 Å². The van der Waals surface area contributed by atoms with Crippen molar-refractivity contribution in [3.63, 3.8) is 0 Å². The molecule has 0 spiro atoms. The standard InChI is InChI=1S/C6H16N2O4/c7-8(1-5(11)3-9)2-6(12)4-10/h5-6,9-12H,1-4,7H2. The van der Waals surface area contributed by atoms with Crippen LogP contribution in [0.15, 0.2) is 0 Å². The number of aliphatic hydroxyl groups excluding tert-OH is 4. The third-order valence-corrected chi connectivity index (χ3v) is 1.31. The molecule has 0 heterocycles. The fourth-order valence-electron chi connectivity index (χ4n) is 0.731. The first kappa shape index (κ1) is 11.8. The number of hydrogen-bond donors (Lipinski definition) is 5. The highest BCUT2D eigenvalue weighted by molar-refractivity contribution is 4.62. The second kappa shape index (κ2) is 6.30. The first-order valence-electron chi connectivity index (χ1n) is 3.67. The lowest BCUT2D eigenvalue weighted by atomic mass is 10.3. The zero-order valence-corrected chi connectivity index (χ0v) is 6.80. The van der Waals surface area contributed by atoms with Gasteiger partial charge in [-0.2, -0.15) is 0 Å². The SMILES string of the molecule is NN(CC(O)CO)CC(O)CO. The summed E-state index contributed by atoms with van der Waals surface area (Å²) in [4.78, 5) is 0. The third kappa shape index (κ3) is 5.42. The van der Waals surface area contributed by atoms with Crippen LogP contribution in [-0.2, 0) is 0 Å². The summed E-state index contributed by atoms with van der Waals surface area (Å²) in [6.45, 7) is -0.618. The minimum absolute atomic E-state index is 0.0631. The summed E-state index contributed by atoms with van der Waals surface area (Å²) in [5, 5.41) is 35.8. The van der Waals surface area contributed by atoms with Gasteiger partial charge in [-0.05, 0) is 0 Å². The highest BCUT2D eigenvalue weighted by Gasteiger charge is 2.10. The lowest BCUT2D eigenvalue weighted by Gasteiger charge is -2.20. The van der Waals surface area contributed by atoms with Gasteiger partial charge in [0.1, 0.15) is 0 Å². The maximum absolute atomic E-state index is 8.90. The molecule has 0 aliphatic rings. The molecule has 0 rings (SSSR count). The molecule has 6 heteroatoms. The van der Waals surface area contributed by atoms with Gasteiger partial charge in [-0.15, -0.1) is 0 Å². The molecule has 6 N–H and O–H groups in total. The Balaban J connectivity index is 3.51. The lowest BCUT2D eigenvalue weighted by Crippen LogP contribution is -2.44. The number of hydrazine groups is 1. The fraction of sp³-hybridized carbons (Fsp3) is 1.00. The van der Waals surface area contributed by atoms with E-state index in [9.17, 15) is 0 Å². The second-order valence-electron chi connectivity index (χ2n) is 2.63. The Hall–Kier alpha value is -0.240. The highest BCUT2D eigenvalue weighted by atomic mass is 16.3. The van der Waals surface area contributed by atoms with Gasteiger partial charge in [-0.1, -0.05) is 0 Å². The van der Waals surface area contributed by atoms with Gasteiger partial charge in [0.05, 0.1) is 25.4 Å². The molecule has 0 radical (unpaired) electrons. The molecular formula is C6H16N2O4. The molecule has 12 heavy (non-hydrogen) atoms. The molecule has 0 aliphatic heterocycles. The summed E-state index contributed by atoms with van der Waals surface area (Å²) in [6, 6.07) is 0. The molecular weight excluding hydrogens is 164 g/mol.